The van der Waals surface area contributed by atoms with Crippen molar-refractivity contribution < 1.29 is 27.1 Å². The van der Waals surface area contributed by atoms with Crippen LogP contribution in [0.15, 0.2) is 54.7 Å². The largest absolute Gasteiger partial charge is 0.368 e. The highest BCUT2D eigenvalue weighted by atomic mass is 32.3. The Balaban J connectivity index is 1.36. The summed E-state index contributed by atoms with van der Waals surface area (Å²) in [7, 11) is -2.53. The molecule has 1 aromatic heterocycles. The Hall–Kier alpha value is -3.53. The number of amides is 1. The molecule has 1 saturated heterocycles. The maximum Gasteiger partial charge on any atom is 0.249 e. The molecule has 222 valence electrons. The monoisotopic (exact) mass is 599 g/mol. The van der Waals surface area contributed by atoms with Gasteiger partial charge in [0.15, 0.2) is 0 Å². The second-order valence-corrected chi connectivity index (χ2v) is 14.0. The standard InChI is InChI=1S/C30H32F3N5O3S/c31-21-3-7-23(8-4-21)38-18-26(20-1-5-22(6-2-20)37-13-15-42(40,41)16-14-37)27(36-38)24-9-10-30(32,33)17-25(24)28(39)35-29(19-34)11-12-29/h1-8,18,24-25,40-41H,9-17H2,(H,35,39)/t24-,25-/m1/s1. The van der Waals surface area contributed by atoms with Gasteiger partial charge in [0.1, 0.15) is 11.4 Å². The minimum atomic E-state index is -3.01. The molecule has 0 bridgehead atoms. The van der Waals surface area contributed by atoms with Crippen molar-refractivity contribution in [1.82, 2.24) is 15.1 Å². The Morgan fingerprint density at radius 1 is 1.02 bits per heavy atom. The van der Waals surface area contributed by atoms with Gasteiger partial charge in [-0.2, -0.15) is 21.0 Å². The molecule has 42 heavy (non-hydrogen) atoms. The molecule has 3 aromatic rings. The highest BCUT2D eigenvalue weighted by Crippen LogP contribution is 2.48. The van der Waals surface area contributed by atoms with Crippen molar-refractivity contribution in [3.05, 3.63) is 66.2 Å². The van der Waals surface area contributed by atoms with E-state index in [9.17, 15) is 32.3 Å². The average molecular weight is 600 g/mol. The third-order valence-electron chi connectivity index (χ3n) is 8.59. The molecule has 6 rings (SSSR count). The van der Waals surface area contributed by atoms with Crippen LogP contribution < -0.4 is 10.2 Å². The Morgan fingerprint density at radius 3 is 2.29 bits per heavy atom. The molecule has 2 atom stereocenters. The first-order valence-corrected chi connectivity index (χ1v) is 15.9. The van der Waals surface area contributed by atoms with E-state index in [2.05, 4.69) is 16.3 Å². The number of aromatic nitrogens is 2. The first kappa shape index (κ1) is 28.6. The minimum absolute atomic E-state index is 0.0380. The van der Waals surface area contributed by atoms with Crippen molar-refractivity contribution in [2.75, 3.05) is 29.5 Å². The number of anilines is 1. The van der Waals surface area contributed by atoms with Gasteiger partial charge in [0.25, 0.3) is 0 Å². The summed E-state index contributed by atoms with van der Waals surface area (Å²) in [6.07, 6.45) is 1.77. The predicted octanol–water partition coefficient (Wildman–Crippen LogP) is 5.94. The van der Waals surface area contributed by atoms with Gasteiger partial charge in [-0.25, -0.2) is 17.9 Å². The molecule has 8 nitrogen and oxygen atoms in total. The predicted molar refractivity (Wildman–Crippen MR) is 155 cm³/mol. The number of benzene rings is 2. The number of nitrogens with zero attached hydrogens (tertiary/aromatic N) is 4. The molecule has 1 aliphatic heterocycles. The fourth-order valence-corrected chi connectivity index (χ4v) is 7.13. The van der Waals surface area contributed by atoms with Crippen LogP contribution in [0.2, 0.25) is 0 Å². The highest BCUT2D eigenvalue weighted by molar-refractivity contribution is 8.24. The molecule has 2 aliphatic carbocycles. The van der Waals surface area contributed by atoms with Gasteiger partial charge in [-0.1, -0.05) is 12.1 Å². The van der Waals surface area contributed by atoms with Crippen molar-refractivity contribution in [3.8, 4) is 22.9 Å². The summed E-state index contributed by atoms with van der Waals surface area (Å²) in [6.45, 7) is 1.04. The van der Waals surface area contributed by atoms with Crippen molar-refractivity contribution >= 4 is 22.2 Å². The number of rotatable bonds is 6. The van der Waals surface area contributed by atoms with Gasteiger partial charge in [-0.05, 0) is 61.2 Å². The van der Waals surface area contributed by atoms with Crippen molar-refractivity contribution in [1.29, 1.82) is 5.26 Å². The molecular formula is C30H32F3N5O3S. The van der Waals surface area contributed by atoms with Gasteiger partial charge in [0, 0.05) is 49.3 Å². The zero-order valence-electron chi connectivity index (χ0n) is 22.8. The van der Waals surface area contributed by atoms with Crippen LogP contribution >= 0.6 is 10.6 Å². The summed E-state index contributed by atoms with van der Waals surface area (Å²) in [5.41, 5.74) is 2.46. The molecule has 2 saturated carbocycles. The Morgan fingerprint density at radius 2 is 1.67 bits per heavy atom. The SMILES string of the molecule is N#CC1(NC(=O)[C@@H]2CC(F)(F)CC[C@H]2c2nn(-c3ccc(F)cc3)cc2-c2ccc(N3CCS(O)(O)CC3)cc2)CC1. The zero-order chi connectivity index (χ0) is 29.7. The lowest BCUT2D eigenvalue weighted by Gasteiger charge is -2.41. The molecule has 3 N–H and O–H groups in total. The number of halogens is 3. The van der Waals surface area contributed by atoms with Crippen LogP contribution in [-0.2, 0) is 4.79 Å². The maximum absolute atomic E-state index is 14.7. The smallest absolute Gasteiger partial charge is 0.249 e. The number of nitriles is 1. The van der Waals surface area contributed by atoms with Gasteiger partial charge < -0.3 is 10.2 Å². The van der Waals surface area contributed by atoms with Crippen molar-refractivity contribution in [2.45, 2.75) is 49.5 Å². The topological polar surface area (TPSA) is 114 Å². The van der Waals surface area contributed by atoms with Crippen LogP contribution in [-0.4, -0.2) is 60.8 Å². The number of carbonyl (C=O) groups excluding carboxylic acids is 1. The Labute approximate surface area is 243 Å². The fraction of sp³-hybridized carbons (Fsp3) is 0.433. The summed E-state index contributed by atoms with van der Waals surface area (Å²) in [5.74, 6) is -5.06. The average Bonchev–Trinajstić information content (AvgIpc) is 3.60. The second kappa shape index (κ2) is 10.6. The number of nitrogens with one attached hydrogen (secondary N) is 1. The van der Waals surface area contributed by atoms with E-state index in [0.717, 1.165) is 11.3 Å². The van der Waals surface area contributed by atoms with Crippen LogP contribution in [0.4, 0.5) is 18.9 Å². The number of alkyl halides is 2. The van der Waals surface area contributed by atoms with E-state index in [1.807, 2.05) is 24.3 Å². The summed E-state index contributed by atoms with van der Waals surface area (Å²) >= 11 is 0. The lowest BCUT2D eigenvalue weighted by atomic mass is 9.74. The number of carbonyl (C=O) groups is 1. The first-order chi connectivity index (χ1) is 20.0. The molecule has 0 radical (unpaired) electrons. The van der Waals surface area contributed by atoms with E-state index in [-0.39, 0.29) is 12.8 Å². The quantitative estimate of drug-likeness (QED) is 0.323. The van der Waals surface area contributed by atoms with Crippen molar-refractivity contribution in [3.63, 3.8) is 0 Å². The van der Waals surface area contributed by atoms with E-state index in [1.54, 1.807) is 23.0 Å². The minimum Gasteiger partial charge on any atom is -0.368 e. The van der Waals surface area contributed by atoms with Gasteiger partial charge >= 0.3 is 0 Å². The van der Waals surface area contributed by atoms with E-state index in [0.29, 0.717) is 54.4 Å². The molecular weight excluding hydrogens is 567 g/mol. The summed E-state index contributed by atoms with van der Waals surface area (Å²) < 4.78 is 64.5. The molecule has 2 aromatic carbocycles. The number of hydrogen-bond acceptors (Lipinski definition) is 6. The van der Waals surface area contributed by atoms with Crippen LogP contribution in [0.5, 0.6) is 0 Å². The summed E-state index contributed by atoms with van der Waals surface area (Å²) in [6, 6.07) is 15.5. The zero-order valence-corrected chi connectivity index (χ0v) is 23.7. The Kier molecular flexibility index (Phi) is 7.23. The first-order valence-electron chi connectivity index (χ1n) is 14.0. The molecule has 3 aliphatic rings. The lowest BCUT2D eigenvalue weighted by molar-refractivity contribution is -0.134. The van der Waals surface area contributed by atoms with Gasteiger partial charge in [-0.15, -0.1) is 0 Å². The van der Waals surface area contributed by atoms with Gasteiger partial charge in [0.05, 0.1) is 34.9 Å². The van der Waals surface area contributed by atoms with Gasteiger partial charge in [0.2, 0.25) is 11.8 Å². The Bertz CT molecular complexity index is 1510. The normalized spacial score (nSPS) is 24.8. The third-order valence-corrected chi connectivity index (χ3v) is 10.3. The molecule has 12 heteroatoms. The fourth-order valence-electron chi connectivity index (χ4n) is 5.90. The van der Waals surface area contributed by atoms with Crippen molar-refractivity contribution in [2.24, 2.45) is 5.92 Å². The molecule has 0 unspecified atom stereocenters. The summed E-state index contributed by atoms with van der Waals surface area (Å²) in [5, 5.41) is 17.0. The van der Waals surface area contributed by atoms with Crippen LogP contribution in [0.25, 0.3) is 16.8 Å². The van der Waals surface area contributed by atoms with Crippen LogP contribution in [0.3, 0.4) is 0 Å². The number of hydrogen-bond donors (Lipinski definition) is 3. The van der Waals surface area contributed by atoms with E-state index in [4.69, 9.17) is 5.10 Å². The molecule has 1 amide bonds. The lowest BCUT2D eigenvalue weighted by Crippen LogP contribution is -2.45. The molecule has 0 spiro atoms. The van der Waals surface area contributed by atoms with Crippen LogP contribution in [0, 0.1) is 23.1 Å². The molecule has 2 heterocycles. The van der Waals surface area contributed by atoms with Crippen LogP contribution in [0.1, 0.15) is 43.7 Å². The van der Waals surface area contributed by atoms with E-state index >= 15 is 0 Å². The second-order valence-electron chi connectivity index (χ2n) is 11.6. The molecule has 3 fully saturated rings. The highest BCUT2D eigenvalue weighted by Gasteiger charge is 2.51. The van der Waals surface area contributed by atoms with E-state index in [1.165, 1.54) is 12.1 Å². The third kappa shape index (κ3) is 5.86. The van der Waals surface area contributed by atoms with Gasteiger partial charge in [-0.3, -0.25) is 13.9 Å². The summed E-state index contributed by atoms with van der Waals surface area (Å²) in [4.78, 5) is 15.5. The maximum atomic E-state index is 14.7. The van der Waals surface area contributed by atoms with E-state index < -0.39 is 52.0 Å².